The zero-order valence-electron chi connectivity index (χ0n) is 18.9. The number of hydrogen-bond donors (Lipinski definition) is 2. The average molecular weight is 465 g/mol. The fourth-order valence-corrected chi connectivity index (χ4v) is 6.71. The number of rotatable bonds is 1. The summed E-state index contributed by atoms with van der Waals surface area (Å²) in [7, 11) is 1.27. The van der Waals surface area contributed by atoms with E-state index in [0.717, 1.165) is 43.8 Å². The first-order chi connectivity index (χ1) is 16.9. The number of ether oxygens (including phenoxy) is 1. The van der Waals surface area contributed by atoms with Crippen molar-refractivity contribution >= 4 is 52.5 Å². The van der Waals surface area contributed by atoms with Crippen molar-refractivity contribution in [1.82, 2.24) is 10.4 Å². The van der Waals surface area contributed by atoms with Crippen molar-refractivity contribution in [3.05, 3.63) is 68.3 Å². The maximum atomic E-state index is 13.2. The summed E-state index contributed by atoms with van der Waals surface area (Å²) in [5, 5.41) is 18.1. The van der Waals surface area contributed by atoms with Crippen molar-refractivity contribution in [3.8, 4) is 0 Å². The standard InChI is InChI=1S/C27H19N3O5/c1-26-23-21-17(16-10-30(35-26)11-27(33,22(16)23)25(32)34-2)12-4-3-5-13(12)18-19(21)14(7-9-29-26)15-6-8-28-24(31)20(15)18/h3-7,9-10,33H,8,11H2,1-2H3,(H,28,31)/b14-7-,29-9-/t26-,27-/m1/s1. The van der Waals surface area contributed by atoms with E-state index in [1.807, 2.05) is 43.5 Å². The largest absolute Gasteiger partial charge is 0.467 e. The van der Waals surface area contributed by atoms with Gasteiger partial charge in [-0.05, 0) is 46.1 Å². The van der Waals surface area contributed by atoms with Crippen molar-refractivity contribution < 1.29 is 24.3 Å². The van der Waals surface area contributed by atoms with Gasteiger partial charge in [-0.25, -0.2) is 9.63 Å². The Morgan fingerprint density at radius 3 is 2.89 bits per heavy atom. The van der Waals surface area contributed by atoms with Crippen LogP contribution < -0.4 is 15.8 Å². The van der Waals surface area contributed by atoms with Gasteiger partial charge in [-0.3, -0.25) is 14.9 Å². The maximum Gasteiger partial charge on any atom is 0.344 e. The number of hydroxylamine groups is 2. The number of methoxy groups -OCH3 is 1. The van der Waals surface area contributed by atoms with Crippen molar-refractivity contribution in [2.24, 2.45) is 4.99 Å². The molecule has 9 rings (SSSR count). The average Bonchev–Trinajstić information content (AvgIpc) is 3.47. The lowest BCUT2D eigenvalue weighted by atomic mass is 9.82. The molecule has 4 bridgehead atoms. The van der Waals surface area contributed by atoms with E-state index in [0.29, 0.717) is 28.8 Å². The molecule has 3 aliphatic carbocycles. The molecule has 0 unspecified atom stereocenters. The molecule has 0 saturated heterocycles. The van der Waals surface area contributed by atoms with Gasteiger partial charge in [0, 0.05) is 46.5 Å². The Labute approximate surface area is 199 Å². The lowest BCUT2D eigenvalue weighted by Gasteiger charge is -2.37. The lowest BCUT2D eigenvalue weighted by Crippen LogP contribution is -2.51. The molecule has 2 N–H and O–H groups in total. The second-order valence-corrected chi connectivity index (χ2v) is 9.71. The van der Waals surface area contributed by atoms with Gasteiger partial charge in [0.05, 0.1) is 19.2 Å². The van der Waals surface area contributed by atoms with E-state index >= 15 is 0 Å². The molecular formula is C27H19N3O5. The topological polar surface area (TPSA) is 100 Å². The third-order valence-corrected chi connectivity index (χ3v) is 7.93. The van der Waals surface area contributed by atoms with Crippen molar-refractivity contribution in [2.75, 3.05) is 20.2 Å². The van der Waals surface area contributed by atoms with Crippen LogP contribution in [0.3, 0.4) is 0 Å². The smallest absolute Gasteiger partial charge is 0.344 e. The first-order valence-electron chi connectivity index (χ1n) is 11.5. The molecule has 8 nitrogen and oxygen atoms in total. The van der Waals surface area contributed by atoms with Crippen LogP contribution in [0.1, 0.15) is 29.2 Å². The van der Waals surface area contributed by atoms with E-state index in [9.17, 15) is 14.7 Å². The van der Waals surface area contributed by atoms with Gasteiger partial charge in [0.15, 0.2) is 0 Å². The molecular weight excluding hydrogens is 446 g/mol. The highest BCUT2D eigenvalue weighted by atomic mass is 16.7. The highest BCUT2D eigenvalue weighted by molar-refractivity contribution is 6.30. The molecule has 5 aliphatic heterocycles. The Morgan fingerprint density at radius 2 is 2.06 bits per heavy atom. The van der Waals surface area contributed by atoms with E-state index in [-0.39, 0.29) is 12.5 Å². The minimum absolute atomic E-state index is 0.112. The normalized spacial score (nSPS) is 32.0. The van der Waals surface area contributed by atoms with Crippen LogP contribution in [-0.4, -0.2) is 59.8 Å². The van der Waals surface area contributed by atoms with Crippen LogP contribution in [-0.2, 0) is 19.2 Å². The molecule has 5 heterocycles. The molecule has 8 heteroatoms. The molecule has 1 aromatic rings. The second-order valence-electron chi connectivity index (χ2n) is 9.71. The van der Waals surface area contributed by atoms with Crippen molar-refractivity contribution in [3.63, 3.8) is 0 Å². The molecule has 0 saturated carbocycles. The number of aliphatic imine (C=N–C) groups is 1. The third kappa shape index (κ3) is 1.98. The number of amides is 1. The van der Waals surface area contributed by atoms with Gasteiger partial charge < -0.3 is 15.2 Å². The monoisotopic (exact) mass is 465 g/mol. The molecule has 1 amide bonds. The van der Waals surface area contributed by atoms with Gasteiger partial charge >= 0.3 is 5.97 Å². The zero-order valence-corrected chi connectivity index (χ0v) is 18.9. The summed E-state index contributed by atoms with van der Waals surface area (Å²) >= 11 is 0. The van der Waals surface area contributed by atoms with E-state index in [1.54, 1.807) is 6.21 Å². The first kappa shape index (κ1) is 19.3. The molecule has 0 spiro atoms. The van der Waals surface area contributed by atoms with Crippen LogP contribution in [0.4, 0.5) is 0 Å². The Kier molecular flexibility index (Phi) is 3.19. The summed E-state index contributed by atoms with van der Waals surface area (Å²) in [6.45, 7) is 2.17. The van der Waals surface area contributed by atoms with Crippen LogP contribution in [0.2, 0.25) is 0 Å². The van der Waals surface area contributed by atoms with Gasteiger partial charge in [-0.2, -0.15) is 0 Å². The summed E-state index contributed by atoms with van der Waals surface area (Å²) in [6.07, 6.45) is 13.5. The fourth-order valence-electron chi connectivity index (χ4n) is 6.71. The number of hydrogen-bond acceptors (Lipinski definition) is 7. The van der Waals surface area contributed by atoms with E-state index in [4.69, 9.17) is 14.6 Å². The minimum atomic E-state index is -1.94. The van der Waals surface area contributed by atoms with E-state index in [2.05, 4.69) is 5.32 Å². The Balaban J connectivity index is 1.64. The predicted octanol–water partition coefficient (Wildman–Crippen LogP) is 0.171. The molecule has 1 aromatic carbocycles. The van der Waals surface area contributed by atoms with Crippen LogP contribution in [0.15, 0.2) is 40.6 Å². The van der Waals surface area contributed by atoms with Crippen molar-refractivity contribution in [2.45, 2.75) is 18.2 Å². The highest BCUT2D eigenvalue weighted by Gasteiger charge is 2.59. The Morgan fingerprint density at radius 1 is 1.20 bits per heavy atom. The summed E-state index contributed by atoms with van der Waals surface area (Å²) in [6, 6.07) is 0. The van der Waals surface area contributed by atoms with E-state index < -0.39 is 17.3 Å². The zero-order chi connectivity index (χ0) is 23.9. The third-order valence-electron chi connectivity index (χ3n) is 7.93. The molecule has 0 aromatic heterocycles. The van der Waals surface area contributed by atoms with Gasteiger partial charge in [-0.1, -0.05) is 24.3 Å². The van der Waals surface area contributed by atoms with Crippen LogP contribution >= 0.6 is 0 Å². The number of benzene rings is 1. The van der Waals surface area contributed by atoms with Crippen LogP contribution in [0, 0.1) is 0 Å². The summed E-state index contributed by atoms with van der Waals surface area (Å²) in [5.74, 6) is -0.864. The number of nitrogens with zero attached hydrogens (tertiary/aromatic N) is 2. The van der Waals surface area contributed by atoms with Crippen molar-refractivity contribution in [1.29, 1.82) is 0 Å². The number of carbonyl (C=O) groups is 2. The molecule has 172 valence electrons. The van der Waals surface area contributed by atoms with E-state index in [1.165, 1.54) is 12.2 Å². The number of allylic oxidation sites excluding steroid dienone is 3. The summed E-state index contributed by atoms with van der Waals surface area (Å²) < 4.78 is 5.07. The molecule has 35 heavy (non-hydrogen) atoms. The van der Waals surface area contributed by atoms with Gasteiger partial charge in [0.2, 0.25) is 11.3 Å². The summed E-state index contributed by atoms with van der Waals surface area (Å²) in [5.41, 5.74) is 4.73. The maximum absolute atomic E-state index is 13.2. The fraction of sp³-hybridized carbons (Fsp3) is 0.222. The molecule has 2 atom stereocenters. The number of nitrogens with one attached hydrogen (secondary N) is 1. The minimum Gasteiger partial charge on any atom is -0.467 e. The molecule has 8 aliphatic rings. The summed E-state index contributed by atoms with van der Waals surface area (Å²) in [4.78, 5) is 37.3. The van der Waals surface area contributed by atoms with Gasteiger partial charge in [0.1, 0.15) is 0 Å². The SMILES string of the molecule is COC(=O)[C@@]1(O)CN2C=C3C1=C1c4c3c3c(c5c4/C(=C\C=N/[C@]1(C)O2)C1=CCNC(=O)C=51)=CC=C3. The quantitative estimate of drug-likeness (QED) is 0.574. The van der Waals surface area contributed by atoms with Crippen LogP contribution in [0.25, 0.3) is 34.4 Å². The Bertz CT molecular complexity index is 1700. The van der Waals surface area contributed by atoms with Crippen LogP contribution in [0.5, 0.6) is 0 Å². The van der Waals surface area contributed by atoms with Gasteiger partial charge in [-0.15, -0.1) is 0 Å². The second kappa shape index (κ2) is 5.79. The lowest BCUT2D eigenvalue weighted by molar-refractivity contribution is -0.205. The van der Waals surface area contributed by atoms with Gasteiger partial charge in [0.25, 0.3) is 5.91 Å². The number of fused-ring (bicyclic) bond motifs is 6. The highest BCUT2D eigenvalue weighted by Crippen LogP contribution is 2.59. The number of aliphatic hydroxyl groups is 1. The Hall–Kier alpha value is -4.01. The number of carbonyl (C=O) groups excluding carboxylic acids is 2. The number of esters is 1. The molecule has 0 radical (unpaired) electrons. The predicted molar refractivity (Wildman–Crippen MR) is 128 cm³/mol. The molecule has 0 fully saturated rings. The first-order valence-corrected chi connectivity index (χ1v) is 11.5.